The fourth-order valence-corrected chi connectivity index (χ4v) is 2.85. The molecule has 1 aliphatic carbocycles. The van der Waals surface area contributed by atoms with E-state index >= 15 is 0 Å². The number of aromatic nitrogens is 2. The van der Waals surface area contributed by atoms with Gasteiger partial charge in [0.25, 0.3) is 5.89 Å². The second-order valence-corrected chi connectivity index (χ2v) is 5.76. The Hall–Kier alpha value is -2.45. The molecule has 0 radical (unpaired) electrons. The standard InChI is InChI=1S/C16H15F4N3O2/c17-12(18)5-6-13(24)21-11-4-2-8-7-9(1-3-10(8)11)15-22-16(14(19)20)25-23-15/h1,3,7,11-12,14H,2,4-6H2,(H,21,24)/t11-/m1/s1. The number of alkyl halides is 4. The zero-order valence-electron chi connectivity index (χ0n) is 13.0. The third kappa shape index (κ3) is 3.97. The quantitative estimate of drug-likeness (QED) is 0.798. The number of aryl methyl sites for hydroxylation is 1. The highest BCUT2D eigenvalue weighted by atomic mass is 19.3. The minimum atomic E-state index is -2.83. The number of carbonyl (C=O) groups excluding carboxylic acids is 1. The third-order valence-corrected chi connectivity index (χ3v) is 4.03. The van der Waals surface area contributed by atoms with E-state index in [0.717, 1.165) is 11.1 Å². The summed E-state index contributed by atoms with van der Waals surface area (Å²) >= 11 is 0. The molecule has 25 heavy (non-hydrogen) atoms. The first kappa shape index (κ1) is 17.4. The molecule has 0 saturated carbocycles. The van der Waals surface area contributed by atoms with E-state index in [1.54, 1.807) is 18.2 Å². The first-order chi connectivity index (χ1) is 11.9. The first-order valence-electron chi connectivity index (χ1n) is 7.76. The van der Waals surface area contributed by atoms with Gasteiger partial charge in [0.15, 0.2) is 0 Å². The molecule has 1 atom stereocenters. The van der Waals surface area contributed by atoms with Gasteiger partial charge in [0.05, 0.1) is 6.04 Å². The summed E-state index contributed by atoms with van der Waals surface area (Å²) in [5, 5.41) is 6.28. The molecule has 1 heterocycles. The van der Waals surface area contributed by atoms with E-state index in [1.807, 2.05) is 0 Å². The molecule has 0 spiro atoms. The highest BCUT2D eigenvalue weighted by molar-refractivity contribution is 5.76. The maximum Gasteiger partial charge on any atom is 0.315 e. The highest BCUT2D eigenvalue weighted by Gasteiger charge is 2.25. The fraction of sp³-hybridized carbons (Fsp3) is 0.438. The molecule has 134 valence electrons. The van der Waals surface area contributed by atoms with Gasteiger partial charge in [-0.1, -0.05) is 17.3 Å². The van der Waals surface area contributed by atoms with Gasteiger partial charge in [-0.15, -0.1) is 0 Å². The van der Waals surface area contributed by atoms with E-state index in [4.69, 9.17) is 0 Å². The number of benzene rings is 1. The number of halogens is 4. The van der Waals surface area contributed by atoms with E-state index in [1.165, 1.54) is 0 Å². The molecule has 1 aliphatic rings. The predicted molar refractivity (Wildman–Crippen MR) is 79.1 cm³/mol. The van der Waals surface area contributed by atoms with Gasteiger partial charge in [-0.25, -0.2) is 8.78 Å². The molecule has 2 aromatic rings. The number of hydrogen-bond acceptors (Lipinski definition) is 4. The topological polar surface area (TPSA) is 68.0 Å². The van der Waals surface area contributed by atoms with Crippen molar-refractivity contribution in [1.82, 2.24) is 15.5 Å². The molecule has 0 aliphatic heterocycles. The summed E-state index contributed by atoms with van der Waals surface area (Å²) in [6, 6.07) is 4.94. The van der Waals surface area contributed by atoms with Gasteiger partial charge in [-0.05, 0) is 30.0 Å². The van der Waals surface area contributed by atoms with Crippen LogP contribution in [0.1, 0.15) is 48.7 Å². The van der Waals surface area contributed by atoms with Crippen LogP contribution in [0.3, 0.4) is 0 Å². The van der Waals surface area contributed by atoms with Crippen LogP contribution in [0.4, 0.5) is 17.6 Å². The van der Waals surface area contributed by atoms with Crippen molar-refractivity contribution in [2.75, 3.05) is 0 Å². The van der Waals surface area contributed by atoms with Crippen molar-refractivity contribution < 1.29 is 26.9 Å². The van der Waals surface area contributed by atoms with Crippen LogP contribution in [-0.4, -0.2) is 22.5 Å². The smallest absolute Gasteiger partial charge is 0.315 e. The average molecular weight is 357 g/mol. The number of amides is 1. The summed E-state index contributed by atoms with van der Waals surface area (Å²) < 4.78 is 53.8. The Morgan fingerprint density at radius 3 is 2.80 bits per heavy atom. The molecule has 1 amide bonds. The van der Waals surface area contributed by atoms with Crippen LogP contribution in [0, 0.1) is 0 Å². The van der Waals surface area contributed by atoms with Crippen molar-refractivity contribution >= 4 is 5.91 Å². The van der Waals surface area contributed by atoms with E-state index in [9.17, 15) is 22.4 Å². The van der Waals surface area contributed by atoms with Gasteiger partial charge >= 0.3 is 6.43 Å². The van der Waals surface area contributed by atoms with Crippen molar-refractivity contribution in [1.29, 1.82) is 0 Å². The van der Waals surface area contributed by atoms with Crippen molar-refractivity contribution in [2.45, 2.75) is 44.6 Å². The number of fused-ring (bicyclic) bond motifs is 1. The SMILES string of the molecule is O=C(CCC(F)F)N[C@@H]1CCc2cc(-c3noc(C(F)F)n3)ccc21. The Bertz CT molecular complexity index is 764. The summed E-state index contributed by atoms with van der Waals surface area (Å²) in [4.78, 5) is 15.4. The molecule has 0 fully saturated rings. The summed E-state index contributed by atoms with van der Waals surface area (Å²) in [5.74, 6) is -1.08. The van der Waals surface area contributed by atoms with Crippen LogP contribution >= 0.6 is 0 Å². The third-order valence-electron chi connectivity index (χ3n) is 4.03. The molecule has 0 unspecified atom stereocenters. The Balaban J connectivity index is 1.70. The summed E-state index contributed by atoms with van der Waals surface area (Å²) in [7, 11) is 0. The van der Waals surface area contributed by atoms with E-state index in [2.05, 4.69) is 20.0 Å². The predicted octanol–water partition coefficient (Wildman–Crippen LogP) is 3.82. The van der Waals surface area contributed by atoms with Crippen LogP contribution in [-0.2, 0) is 11.2 Å². The summed E-state index contributed by atoms with van der Waals surface area (Å²) in [6.07, 6.45) is -4.70. The molecule has 1 aromatic carbocycles. The largest absolute Gasteiger partial charge is 0.349 e. The normalized spacial score (nSPS) is 16.5. The fourth-order valence-electron chi connectivity index (χ4n) is 2.85. The van der Waals surface area contributed by atoms with Crippen LogP contribution < -0.4 is 5.32 Å². The summed E-state index contributed by atoms with van der Waals surface area (Å²) in [6.45, 7) is 0. The number of carbonyl (C=O) groups is 1. The Kier molecular flexibility index (Phi) is 5.00. The molecular weight excluding hydrogens is 342 g/mol. The van der Waals surface area contributed by atoms with Gasteiger partial charge in [0.1, 0.15) is 0 Å². The molecule has 0 bridgehead atoms. The second kappa shape index (κ2) is 7.20. The number of nitrogens with one attached hydrogen (secondary N) is 1. The molecular formula is C16H15F4N3O2. The zero-order chi connectivity index (χ0) is 18.0. The molecule has 9 heteroatoms. The molecule has 1 N–H and O–H groups in total. The Morgan fingerprint density at radius 2 is 2.12 bits per heavy atom. The van der Waals surface area contributed by atoms with Crippen molar-refractivity contribution in [3.05, 3.63) is 35.2 Å². The van der Waals surface area contributed by atoms with Crippen molar-refractivity contribution in [3.63, 3.8) is 0 Å². The van der Waals surface area contributed by atoms with Crippen molar-refractivity contribution in [3.8, 4) is 11.4 Å². The minimum absolute atomic E-state index is 0.0718. The Morgan fingerprint density at radius 1 is 1.32 bits per heavy atom. The van der Waals surface area contributed by atoms with Crippen LogP contribution in [0.2, 0.25) is 0 Å². The lowest BCUT2D eigenvalue weighted by Crippen LogP contribution is -2.27. The maximum absolute atomic E-state index is 12.5. The highest BCUT2D eigenvalue weighted by Crippen LogP contribution is 2.34. The van der Waals surface area contributed by atoms with Gasteiger partial charge in [-0.3, -0.25) is 4.79 Å². The second-order valence-electron chi connectivity index (χ2n) is 5.76. The maximum atomic E-state index is 12.5. The summed E-state index contributed by atoms with van der Waals surface area (Å²) in [5.41, 5.74) is 2.35. The van der Waals surface area contributed by atoms with Gasteiger partial charge in [-0.2, -0.15) is 13.8 Å². The number of hydrogen-bond donors (Lipinski definition) is 1. The molecule has 3 rings (SSSR count). The minimum Gasteiger partial charge on any atom is -0.349 e. The van der Waals surface area contributed by atoms with Gasteiger partial charge < -0.3 is 9.84 Å². The molecule has 5 nitrogen and oxygen atoms in total. The van der Waals surface area contributed by atoms with Crippen LogP contribution in [0.5, 0.6) is 0 Å². The molecule has 1 aromatic heterocycles. The average Bonchev–Trinajstić information content (AvgIpc) is 3.20. The lowest BCUT2D eigenvalue weighted by molar-refractivity contribution is -0.122. The van der Waals surface area contributed by atoms with Gasteiger partial charge in [0, 0.05) is 18.4 Å². The Labute approximate surface area is 140 Å². The van der Waals surface area contributed by atoms with E-state index in [-0.39, 0.29) is 18.3 Å². The van der Waals surface area contributed by atoms with Crippen LogP contribution in [0.25, 0.3) is 11.4 Å². The monoisotopic (exact) mass is 357 g/mol. The number of nitrogens with zero attached hydrogens (tertiary/aromatic N) is 2. The van der Waals surface area contributed by atoms with E-state index in [0.29, 0.717) is 18.4 Å². The molecule has 0 saturated heterocycles. The zero-order valence-corrected chi connectivity index (χ0v) is 13.0. The van der Waals surface area contributed by atoms with E-state index < -0.39 is 31.1 Å². The van der Waals surface area contributed by atoms with Gasteiger partial charge in [0.2, 0.25) is 18.2 Å². The van der Waals surface area contributed by atoms with Crippen molar-refractivity contribution in [2.24, 2.45) is 0 Å². The number of rotatable bonds is 6. The lowest BCUT2D eigenvalue weighted by Gasteiger charge is -2.14. The van der Waals surface area contributed by atoms with Crippen LogP contribution in [0.15, 0.2) is 22.7 Å². The first-order valence-corrected chi connectivity index (χ1v) is 7.76. The lowest BCUT2D eigenvalue weighted by atomic mass is 10.0.